The van der Waals surface area contributed by atoms with E-state index in [-0.39, 0.29) is 12.0 Å². The summed E-state index contributed by atoms with van der Waals surface area (Å²) in [6.07, 6.45) is -1.68. The summed E-state index contributed by atoms with van der Waals surface area (Å²) >= 11 is 0. The summed E-state index contributed by atoms with van der Waals surface area (Å²) in [6.45, 7) is 5.27. The van der Waals surface area contributed by atoms with Gasteiger partial charge in [-0.25, -0.2) is 9.67 Å². The zero-order valence-corrected chi connectivity index (χ0v) is 16.9. The molecule has 2 heterocycles. The quantitative estimate of drug-likeness (QED) is 0.583. The van der Waals surface area contributed by atoms with E-state index < -0.39 is 11.7 Å². The van der Waals surface area contributed by atoms with E-state index in [4.69, 9.17) is 0 Å². The van der Waals surface area contributed by atoms with Gasteiger partial charge in [-0.3, -0.25) is 4.99 Å². The molecule has 0 saturated heterocycles. The maximum Gasteiger partial charge on any atom is 0.416 e. The highest BCUT2D eigenvalue weighted by Gasteiger charge is 2.30. The molecule has 1 aromatic heterocycles. The molecule has 0 fully saturated rings. The highest BCUT2D eigenvalue weighted by molar-refractivity contribution is 5.80. The molecule has 2 atom stereocenters. The zero-order valence-electron chi connectivity index (χ0n) is 16.9. The number of aryl methyl sites for hydroxylation is 2. The molecule has 0 spiro atoms. The number of fused-ring (bicyclic) bond motifs is 1. The summed E-state index contributed by atoms with van der Waals surface area (Å²) in [5, 5.41) is 11.0. The van der Waals surface area contributed by atoms with Crippen LogP contribution in [-0.4, -0.2) is 34.3 Å². The molecule has 158 valence electrons. The lowest BCUT2D eigenvalue weighted by molar-refractivity contribution is -0.137. The molecule has 0 bridgehead atoms. The van der Waals surface area contributed by atoms with Crippen LogP contribution < -0.4 is 10.6 Å². The number of hydrogen-bond donors (Lipinski definition) is 2. The molecule has 3 rings (SSSR count). The number of benzene rings is 1. The molecule has 6 nitrogen and oxygen atoms in total. The molecular formula is C20H27F3N6. The maximum atomic E-state index is 12.9. The Bertz CT molecular complexity index is 858. The molecule has 2 unspecified atom stereocenters. The van der Waals surface area contributed by atoms with Gasteiger partial charge < -0.3 is 10.6 Å². The van der Waals surface area contributed by atoms with E-state index in [1.807, 2.05) is 18.5 Å². The molecule has 1 aliphatic heterocycles. The van der Waals surface area contributed by atoms with Crippen LogP contribution in [0.3, 0.4) is 0 Å². The Kier molecular flexibility index (Phi) is 6.44. The number of rotatable bonds is 5. The molecule has 1 aromatic carbocycles. The van der Waals surface area contributed by atoms with Crippen LogP contribution in [0, 0.1) is 6.92 Å². The fraction of sp³-hybridized carbons (Fsp3) is 0.550. The van der Waals surface area contributed by atoms with Gasteiger partial charge in [-0.1, -0.05) is 25.1 Å². The molecule has 0 aliphatic carbocycles. The van der Waals surface area contributed by atoms with Gasteiger partial charge in [0.15, 0.2) is 5.96 Å². The minimum absolute atomic E-state index is 0.0108. The first kappa shape index (κ1) is 21.1. The maximum absolute atomic E-state index is 12.9. The SMILES string of the molecule is CN=C(NCCC(C)c1cccc(C(F)(F)F)c1)NC1CCCn2nc(C)nc21. The van der Waals surface area contributed by atoms with Crippen molar-refractivity contribution in [3.63, 3.8) is 0 Å². The Balaban J connectivity index is 1.54. The minimum Gasteiger partial charge on any atom is -0.356 e. The van der Waals surface area contributed by atoms with E-state index in [2.05, 4.69) is 25.7 Å². The largest absolute Gasteiger partial charge is 0.416 e. The molecule has 29 heavy (non-hydrogen) atoms. The summed E-state index contributed by atoms with van der Waals surface area (Å²) in [6, 6.07) is 5.57. The van der Waals surface area contributed by atoms with Crippen molar-refractivity contribution in [2.45, 2.75) is 57.8 Å². The van der Waals surface area contributed by atoms with Crippen LogP contribution in [-0.2, 0) is 12.7 Å². The highest BCUT2D eigenvalue weighted by Crippen LogP contribution is 2.31. The Morgan fingerprint density at radius 1 is 1.38 bits per heavy atom. The van der Waals surface area contributed by atoms with Gasteiger partial charge in [0, 0.05) is 20.1 Å². The van der Waals surface area contributed by atoms with Crippen molar-refractivity contribution in [2.75, 3.05) is 13.6 Å². The first-order valence-electron chi connectivity index (χ1n) is 9.83. The van der Waals surface area contributed by atoms with Crippen molar-refractivity contribution < 1.29 is 13.2 Å². The number of hydrogen-bond acceptors (Lipinski definition) is 3. The molecule has 9 heteroatoms. The number of nitrogens with one attached hydrogen (secondary N) is 2. The van der Waals surface area contributed by atoms with E-state index in [1.165, 1.54) is 12.1 Å². The lowest BCUT2D eigenvalue weighted by atomic mass is 9.96. The van der Waals surface area contributed by atoms with Gasteiger partial charge in [0.05, 0.1) is 11.6 Å². The van der Waals surface area contributed by atoms with Crippen LogP contribution in [0.4, 0.5) is 13.2 Å². The van der Waals surface area contributed by atoms with Gasteiger partial charge in [0.2, 0.25) is 0 Å². The highest BCUT2D eigenvalue weighted by atomic mass is 19.4. The van der Waals surface area contributed by atoms with Crippen molar-refractivity contribution in [1.82, 2.24) is 25.4 Å². The Morgan fingerprint density at radius 3 is 2.90 bits per heavy atom. The topological polar surface area (TPSA) is 67.1 Å². The second kappa shape index (κ2) is 8.84. The van der Waals surface area contributed by atoms with Gasteiger partial charge >= 0.3 is 6.18 Å². The Labute approximate surface area is 168 Å². The fourth-order valence-corrected chi connectivity index (χ4v) is 3.56. The van der Waals surface area contributed by atoms with Crippen LogP contribution in [0.15, 0.2) is 29.3 Å². The van der Waals surface area contributed by atoms with Gasteiger partial charge in [-0.05, 0) is 43.7 Å². The third-order valence-corrected chi connectivity index (χ3v) is 5.17. The molecule has 0 amide bonds. The van der Waals surface area contributed by atoms with Crippen LogP contribution in [0.2, 0.25) is 0 Å². The number of halogens is 3. The average Bonchev–Trinajstić information content (AvgIpc) is 3.07. The molecule has 2 N–H and O–H groups in total. The van der Waals surface area contributed by atoms with E-state index >= 15 is 0 Å². The van der Waals surface area contributed by atoms with Crippen molar-refractivity contribution >= 4 is 5.96 Å². The standard InChI is InChI=1S/C20H27F3N6/c1-13(15-6-4-7-16(12-15)20(21,22)23)9-10-25-19(24-3)27-17-8-5-11-29-18(17)26-14(2)28-29/h4,6-7,12-13,17H,5,8-11H2,1-3H3,(H2,24,25,27). The fourth-order valence-electron chi connectivity index (χ4n) is 3.56. The summed E-state index contributed by atoms with van der Waals surface area (Å²) < 4.78 is 40.7. The van der Waals surface area contributed by atoms with Crippen LogP contribution >= 0.6 is 0 Å². The van der Waals surface area contributed by atoms with Crippen molar-refractivity contribution in [3.05, 3.63) is 47.0 Å². The number of aliphatic imine (C=N–C) groups is 1. The third kappa shape index (κ3) is 5.27. The average molecular weight is 408 g/mol. The van der Waals surface area contributed by atoms with Crippen molar-refractivity contribution in [2.24, 2.45) is 4.99 Å². The molecule has 1 aliphatic rings. The Hall–Kier alpha value is -2.58. The molecule has 2 aromatic rings. The minimum atomic E-state index is -4.32. The number of nitrogens with zero attached hydrogens (tertiary/aromatic N) is 4. The first-order valence-corrected chi connectivity index (χ1v) is 9.83. The van der Waals surface area contributed by atoms with Gasteiger partial charge in [-0.15, -0.1) is 0 Å². The van der Waals surface area contributed by atoms with E-state index in [1.54, 1.807) is 13.1 Å². The summed E-state index contributed by atoms with van der Waals surface area (Å²) in [5.74, 6) is 2.31. The van der Waals surface area contributed by atoms with E-state index in [9.17, 15) is 13.2 Å². The Morgan fingerprint density at radius 2 is 2.17 bits per heavy atom. The van der Waals surface area contributed by atoms with Crippen LogP contribution in [0.25, 0.3) is 0 Å². The number of alkyl halides is 3. The van der Waals surface area contributed by atoms with Gasteiger partial charge in [-0.2, -0.15) is 18.3 Å². The molecule has 0 radical (unpaired) electrons. The normalized spacial score (nSPS) is 18.3. The van der Waals surface area contributed by atoms with Crippen LogP contribution in [0.5, 0.6) is 0 Å². The van der Waals surface area contributed by atoms with Gasteiger partial charge in [0.1, 0.15) is 11.6 Å². The predicted octanol–water partition coefficient (Wildman–Crippen LogP) is 3.80. The first-order chi connectivity index (χ1) is 13.8. The van der Waals surface area contributed by atoms with Gasteiger partial charge in [0.25, 0.3) is 0 Å². The lowest BCUT2D eigenvalue weighted by Crippen LogP contribution is -2.42. The van der Waals surface area contributed by atoms with Crippen molar-refractivity contribution in [3.8, 4) is 0 Å². The van der Waals surface area contributed by atoms with E-state index in [0.29, 0.717) is 24.5 Å². The molecular weight excluding hydrogens is 381 g/mol. The molecule has 0 saturated carbocycles. The number of aromatic nitrogens is 3. The second-order valence-corrected chi connectivity index (χ2v) is 7.39. The summed E-state index contributed by atoms with van der Waals surface area (Å²) in [4.78, 5) is 8.78. The lowest BCUT2D eigenvalue weighted by Gasteiger charge is -2.25. The monoisotopic (exact) mass is 408 g/mol. The predicted molar refractivity (Wildman–Crippen MR) is 106 cm³/mol. The second-order valence-electron chi connectivity index (χ2n) is 7.39. The summed E-state index contributed by atoms with van der Waals surface area (Å²) in [7, 11) is 1.70. The number of guanidine groups is 1. The third-order valence-electron chi connectivity index (χ3n) is 5.17. The van der Waals surface area contributed by atoms with Crippen LogP contribution in [0.1, 0.15) is 60.9 Å². The zero-order chi connectivity index (χ0) is 21.0. The van der Waals surface area contributed by atoms with Crippen molar-refractivity contribution in [1.29, 1.82) is 0 Å². The summed E-state index contributed by atoms with van der Waals surface area (Å²) in [5.41, 5.74) is 0.0735. The smallest absolute Gasteiger partial charge is 0.356 e. The van der Waals surface area contributed by atoms with E-state index in [0.717, 1.165) is 37.1 Å².